The number of aromatic nitrogens is 1. The molecule has 2 heterocycles. The number of benzene rings is 2. The molecule has 154 valence electrons. The maximum Gasteiger partial charge on any atom is 0.0588 e. The molecule has 4 nitrogen and oxygen atoms in total. The average molecular weight is 392 g/mol. The van der Waals surface area contributed by atoms with E-state index in [1.807, 2.05) is 0 Å². The molecule has 0 bridgehead atoms. The fourth-order valence-electron chi connectivity index (χ4n) is 5.21. The first-order valence-corrected chi connectivity index (χ1v) is 10.8. The molecule has 3 N–H and O–H groups in total. The molecule has 0 radical (unpaired) electrons. The van der Waals surface area contributed by atoms with Gasteiger partial charge in [0.1, 0.15) is 0 Å². The monoisotopic (exact) mass is 391 g/mol. The number of aromatic amines is 1. The second-order valence-corrected chi connectivity index (χ2v) is 8.55. The quantitative estimate of drug-likeness (QED) is 0.561. The van der Waals surface area contributed by atoms with E-state index in [4.69, 9.17) is 0 Å². The first kappa shape index (κ1) is 20.1. The predicted octanol–water partition coefficient (Wildman–Crippen LogP) is 4.36. The molecule has 3 aromatic rings. The van der Waals surface area contributed by atoms with E-state index < -0.39 is 0 Å². The molecule has 0 saturated heterocycles. The van der Waals surface area contributed by atoms with Crippen LogP contribution in [0.2, 0.25) is 0 Å². The normalized spacial score (nSPS) is 21.3. The van der Waals surface area contributed by atoms with Gasteiger partial charge in [-0.1, -0.05) is 55.5 Å². The first-order valence-electron chi connectivity index (χ1n) is 10.8. The third-order valence-corrected chi connectivity index (χ3v) is 6.90. The molecule has 2 aromatic carbocycles. The fourth-order valence-corrected chi connectivity index (χ4v) is 5.21. The van der Waals surface area contributed by atoms with Gasteiger partial charge in [-0.25, -0.2) is 0 Å². The summed E-state index contributed by atoms with van der Waals surface area (Å²) in [5.41, 5.74) is 5.24. The minimum Gasteiger partial charge on any atom is -0.395 e. The molecule has 3 unspecified atom stereocenters. The third kappa shape index (κ3) is 3.61. The molecule has 0 aliphatic carbocycles. The summed E-state index contributed by atoms with van der Waals surface area (Å²) < 4.78 is 0. The lowest BCUT2D eigenvalue weighted by Gasteiger charge is -2.42. The lowest BCUT2D eigenvalue weighted by atomic mass is 9.79. The van der Waals surface area contributed by atoms with Crippen LogP contribution in [0.1, 0.15) is 49.0 Å². The molecule has 1 aliphatic rings. The summed E-state index contributed by atoms with van der Waals surface area (Å²) in [6.45, 7) is 2.45. The van der Waals surface area contributed by atoms with Gasteiger partial charge < -0.3 is 15.4 Å². The first-order chi connectivity index (χ1) is 14.1. The SMILES string of the molecule is CCC(CCC1NC(CO)Cc2c1[nH]c1ccccc21)(c1ccccc1)N(C)C. The van der Waals surface area contributed by atoms with Crippen LogP contribution < -0.4 is 5.32 Å². The van der Waals surface area contributed by atoms with Gasteiger partial charge in [-0.3, -0.25) is 4.90 Å². The van der Waals surface area contributed by atoms with Gasteiger partial charge in [-0.05, 0) is 57.0 Å². The Hall–Kier alpha value is -2.14. The van der Waals surface area contributed by atoms with Gasteiger partial charge in [0, 0.05) is 34.2 Å². The number of aliphatic hydroxyl groups excluding tert-OH is 1. The van der Waals surface area contributed by atoms with Crippen LogP contribution in [0, 0.1) is 0 Å². The third-order valence-electron chi connectivity index (χ3n) is 6.90. The minimum absolute atomic E-state index is 0.00127. The molecular weight excluding hydrogens is 358 g/mol. The Labute approximate surface area is 173 Å². The Morgan fingerprint density at radius 1 is 1.07 bits per heavy atom. The Balaban J connectivity index is 1.66. The average Bonchev–Trinajstić information content (AvgIpc) is 3.13. The number of aliphatic hydroxyl groups is 1. The van der Waals surface area contributed by atoms with E-state index in [1.165, 1.54) is 27.7 Å². The van der Waals surface area contributed by atoms with Crippen LogP contribution in [0.15, 0.2) is 54.6 Å². The highest BCUT2D eigenvalue weighted by Gasteiger charge is 2.36. The Morgan fingerprint density at radius 3 is 2.48 bits per heavy atom. The molecule has 0 amide bonds. The number of hydrogen-bond acceptors (Lipinski definition) is 3. The molecular formula is C25H33N3O. The van der Waals surface area contributed by atoms with Crippen molar-refractivity contribution in [2.45, 2.75) is 50.2 Å². The molecule has 1 aromatic heterocycles. The molecule has 0 saturated carbocycles. The van der Waals surface area contributed by atoms with Crippen LogP contribution >= 0.6 is 0 Å². The van der Waals surface area contributed by atoms with E-state index in [9.17, 15) is 5.11 Å². The number of rotatable bonds is 7. The number of fused-ring (bicyclic) bond motifs is 3. The largest absolute Gasteiger partial charge is 0.395 e. The van der Waals surface area contributed by atoms with Crippen molar-refractivity contribution in [3.63, 3.8) is 0 Å². The predicted molar refractivity (Wildman–Crippen MR) is 120 cm³/mol. The zero-order chi connectivity index (χ0) is 20.4. The van der Waals surface area contributed by atoms with Gasteiger partial charge in [-0.2, -0.15) is 0 Å². The van der Waals surface area contributed by atoms with Gasteiger partial charge in [0.05, 0.1) is 6.61 Å². The van der Waals surface area contributed by atoms with E-state index in [0.29, 0.717) is 0 Å². The highest BCUT2D eigenvalue weighted by atomic mass is 16.3. The van der Waals surface area contributed by atoms with Crippen LogP contribution in [0.25, 0.3) is 10.9 Å². The summed E-state index contributed by atoms with van der Waals surface area (Å²) in [4.78, 5) is 6.05. The second-order valence-electron chi connectivity index (χ2n) is 8.55. The standard InChI is InChI=1S/C25H33N3O/c1-4-25(28(2)3,18-10-6-5-7-11-18)15-14-23-24-21(16-19(17-29)26-23)20-12-8-9-13-22(20)27-24/h5-13,19,23,26-27,29H,4,14-17H2,1-3H3. The van der Waals surface area contributed by atoms with E-state index >= 15 is 0 Å². The van der Waals surface area contributed by atoms with Crippen LogP contribution in [0.3, 0.4) is 0 Å². The van der Waals surface area contributed by atoms with Gasteiger partial charge in [0.25, 0.3) is 0 Å². The number of nitrogens with one attached hydrogen (secondary N) is 2. The number of para-hydroxylation sites is 1. The van der Waals surface area contributed by atoms with Crippen molar-refractivity contribution in [3.05, 3.63) is 71.4 Å². The van der Waals surface area contributed by atoms with Crippen LogP contribution in [0.4, 0.5) is 0 Å². The zero-order valence-corrected chi connectivity index (χ0v) is 17.8. The van der Waals surface area contributed by atoms with E-state index in [-0.39, 0.29) is 24.2 Å². The number of hydrogen-bond donors (Lipinski definition) is 3. The topological polar surface area (TPSA) is 51.3 Å². The van der Waals surface area contributed by atoms with Crippen LogP contribution in [0.5, 0.6) is 0 Å². The zero-order valence-electron chi connectivity index (χ0n) is 17.8. The van der Waals surface area contributed by atoms with Crippen LogP contribution in [-0.4, -0.2) is 41.7 Å². The Morgan fingerprint density at radius 2 is 1.79 bits per heavy atom. The Kier molecular flexibility index (Phi) is 5.77. The molecule has 0 spiro atoms. The van der Waals surface area contributed by atoms with Crippen molar-refractivity contribution in [1.29, 1.82) is 0 Å². The summed E-state index contributed by atoms with van der Waals surface area (Å²) in [6.07, 6.45) is 3.99. The summed E-state index contributed by atoms with van der Waals surface area (Å²) in [7, 11) is 4.38. The van der Waals surface area contributed by atoms with Crippen molar-refractivity contribution >= 4 is 10.9 Å². The lowest BCUT2D eigenvalue weighted by molar-refractivity contribution is 0.120. The number of nitrogens with zero attached hydrogens (tertiary/aromatic N) is 1. The highest BCUT2D eigenvalue weighted by molar-refractivity contribution is 5.85. The lowest BCUT2D eigenvalue weighted by Crippen LogP contribution is -2.44. The Bertz CT molecular complexity index is 949. The van der Waals surface area contributed by atoms with Crippen molar-refractivity contribution in [2.75, 3.05) is 20.7 Å². The molecule has 3 atom stereocenters. The highest BCUT2D eigenvalue weighted by Crippen LogP contribution is 2.40. The minimum atomic E-state index is 0.00127. The summed E-state index contributed by atoms with van der Waals surface area (Å²) in [5, 5.41) is 14.9. The number of H-pyrrole nitrogens is 1. The van der Waals surface area contributed by atoms with E-state index in [2.05, 4.69) is 90.8 Å². The summed E-state index contributed by atoms with van der Waals surface area (Å²) in [5.74, 6) is 0. The van der Waals surface area contributed by atoms with Crippen molar-refractivity contribution in [1.82, 2.24) is 15.2 Å². The van der Waals surface area contributed by atoms with Gasteiger partial charge in [-0.15, -0.1) is 0 Å². The fraction of sp³-hybridized carbons (Fsp3) is 0.440. The van der Waals surface area contributed by atoms with E-state index in [1.54, 1.807) is 0 Å². The van der Waals surface area contributed by atoms with Gasteiger partial charge in [0.2, 0.25) is 0 Å². The van der Waals surface area contributed by atoms with Gasteiger partial charge >= 0.3 is 0 Å². The smallest absolute Gasteiger partial charge is 0.0588 e. The summed E-state index contributed by atoms with van der Waals surface area (Å²) in [6, 6.07) is 19.7. The second kappa shape index (κ2) is 8.31. The molecule has 1 aliphatic heterocycles. The maximum absolute atomic E-state index is 9.90. The van der Waals surface area contributed by atoms with Gasteiger partial charge in [0.15, 0.2) is 0 Å². The molecule has 0 fully saturated rings. The molecule has 4 heteroatoms. The van der Waals surface area contributed by atoms with E-state index in [0.717, 1.165) is 25.7 Å². The summed E-state index contributed by atoms with van der Waals surface area (Å²) >= 11 is 0. The molecule has 29 heavy (non-hydrogen) atoms. The van der Waals surface area contributed by atoms with Crippen LogP contribution in [-0.2, 0) is 12.0 Å². The van der Waals surface area contributed by atoms with Crippen molar-refractivity contribution in [3.8, 4) is 0 Å². The maximum atomic E-state index is 9.90. The van der Waals surface area contributed by atoms with Crippen molar-refractivity contribution < 1.29 is 5.11 Å². The van der Waals surface area contributed by atoms with Crippen molar-refractivity contribution in [2.24, 2.45) is 0 Å². The molecule has 4 rings (SSSR count).